The fourth-order valence-corrected chi connectivity index (χ4v) is 1.27. The van der Waals surface area contributed by atoms with Crippen LogP contribution in [-0.4, -0.2) is 0 Å². The van der Waals surface area contributed by atoms with E-state index >= 15 is 0 Å². The molecule has 0 bridgehead atoms. The topological polar surface area (TPSA) is 13.1 Å². The molecule has 1 nitrogen and oxygen atoms in total. The minimum atomic E-state index is 1.05. The summed E-state index contributed by atoms with van der Waals surface area (Å²) in [6.45, 7) is 0. The number of rotatable bonds is 4. The molecule has 0 aromatic carbocycles. The van der Waals surface area contributed by atoms with Gasteiger partial charge in [0.25, 0.3) is 0 Å². The van der Waals surface area contributed by atoms with Crippen molar-refractivity contribution in [1.29, 1.82) is 0 Å². The van der Waals surface area contributed by atoms with Crippen LogP contribution in [0, 0.1) is 0 Å². The van der Waals surface area contributed by atoms with Gasteiger partial charge in [-0.2, -0.15) is 0 Å². The van der Waals surface area contributed by atoms with Crippen LogP contribution in [0.25, 0.3) is 0 Å². The summed E-state index contributed by atoms with van der Waals surface area (Å²) >= 11 is 2.24. The third kappa shape index (κ3) is 3.60. The summed E-state index contributed by atoms with van der Waals surface area (Å²) in [4.78, 5) is 0. The van der Waals surface area contributed by atoms with Gasteiger partial charge in [0.15, 0.2) is 0 Å². The minimum Gasteiger partial charge on any atom is -0.469 e. The number of hydrogen-bond acceptors (Lipinski definition) is 1. The van der Waals surface area contributed by atoms with E-state index in [0.717, 1.165) is 18.6 Å². The molecule has 0 spiro atoms. The molecule has 0 amide bonds. The van der Waals surface area contributed by atoms with Crippen molar-refractivity contribution in [2.24, 2.45) is 0 Å². The van der Waals surface area contributed by atoms with Gasteiger partial charge >= 0.3 is 0 Å². The summed E-state index contributed by atoms with van der Waals surface area (Å²) < 4.78 is 7.24. The normalized spacial score (nSPS) is 11.0. The zero-order valence-corrected chi connectivity index (χ0v) is 8.45. The van der Waals surface area contributed by atoms with Gasteiger partial charge in [0.1, 0.15) is 5.76 Å². The molecule has 2 heteroatoms. The van der Waals surface area contributed by atoms with Crippen molar-refractivity contribution >= 4 is 22.6 Å². The highest BCUT2D eigenvalue weighted by Crippen LogP contribution is 2.05. The Morgan fingerprint density at radius 1 is 1.55 bits per heavy atom. The lowest BCUT2D eigenvalue weighted by molar-refractivity contribution is 0.503. The quantitative estimate of drug-likeness (QED) is 0.597. The van der Waals surface area contributed by atoms with Gasteiger partial charge in [-0.3, -0.25) is 0 Å². The summed E-state index contributed by atoms with van der Waals surface area (Å²) in [5.41, 5.74) is 0. The van der Waals surface area contributed by atoms with E-state index in [1.165, 1.54) is 6.42 Å². The summed E-state index contributed by atoms with van der Waals surface area (Å²) in [6, 6.07) is 3.96. The first-order valence-corrected chi connectivity index (χ1v) is 4.95. The highest BCUT2D eigenvalue weighted by molar-refractivity contribution is 14.1. The molecule has 0 atom stereocenters. The van der Waals surface area contributed by atoms with Crippen molar-refractivity contribution in [2.45, 2.75) is 19.3 Å². The third-order valence-electron chi connectivity index (χ3n) is 1.46. The van der Waals surface area contributed by atoms with Crippen LogP contribution in [0.1, 0.15) is 18.6 Å². The van der Waals surface area contributed by atoms with Gasteiger partial charge < -0.3 is 4.42 Å². The van der Waals surface area contributed by atoms with Crippen LogP contribution in [-0.2, 0) is 6.42 Å². The first-order valence-electron chi connectivity index (χ1n) is 3.71. The molecule has 0 saturated carbocycles. The average Bonchev–Trinajstić information content (AvgIpc) is 2.50. The largest absolute Gasteiger partial charge is 0.469 e. The average molecular weight is 262 g/mol. The Balaban J connectivity index is 2.14. The lowest BCUT2D eigenvalue weighted by atomic mass is 10.2. The Labute approximate surface area is 80.6 Å². The second-order valence-corrected chi connectivity index (χ2v) is 3.05. The molecule has 0 aliphatic rings. The van der Waals surface area contributed by atoms with E-state index in [1.54, 1.807) is 6.26 Å². The van der Waals surface area contributed by atoms with Crippen LogP contribution in [0.4, 0.5) is 0 Å². The maximum atomic E-state index is 5.19. The van der Waals surface area contributed by atoms with Gasteiger partial charge in [-0.1, -0.05) is 28.7 Å². The number of unbranched alkanes of at least 4 members (excludes halogenated alkanes) is 1. The van der Waals surface area contributed by atoms with Crippen molar-refractivity contribution in [1.82, 2.24) is 0 Å². The molecule has 0 aliphatic heterocycles. The molecule has 1 aromatic rings. The number of hydrogen-bond donors (Lipinski definition) is 0. The van der Waals surface area contributed by atoms with Gasteiger partial charge in [0.05, 0.1) is 6.26 Å². The van der Waals surface area contributed by atoms with Crippen LogP contribution >= 0.6 is 22.6 Å². The van der Waals surface area contributed by atoms with Crippen molar-refractivity contribution in [3.8, 4) is 0 Å². The lowest BCUT2D eigenvalue weighted by Gasteiger charge is -1.91. The highest BCUT2D eigenvalue weighted by Gasteiger charge is 1.92. The van der Waals surface area contributed by atoms with E-state index in [9.17, 15) is 0 Å². The van der Waals surface area contributed by atoms with E-state index < -0.39 is 0 Å². The fraction of sp³-hybridized carbons (Fsp3) is 0.333. The SMILES string of the molecule is I/C=C/CCCc1ccco1. The van der Waals surface area contributed by atoms with Gasteiger partial charge in [0.2, 0.25) is 0 Å². The fourth-order valence-electron chi connectivity index (χ4n) is 0.912. The standard InChI is InChI=1S/C9H11IO/c10-7-3-1-2-5-9-6-4-8-11-9/h3-4,6-8H,1-2,5H2/b7-3+. The van der Waals surface area contributed by atoms with Crippen molar-refractivity contribution in [3.05, 3.63) is 34.3 Å². The van der Waals surface area contributed by atoms with Crippen LogP contribution in [0.15, 0.2) is 33.0 Å². The molecule has 0 unspecified atom stereocenters. The smallest absolute Gasteiger partial charge is 0.103 e. The number of aryl methyl sites for hydroxylation is 1. The Hall–Kier alpha value is -0.250. The maximum absolute atomic E-state index is 5.19. The molecular weight excluding hydrogens is 251 g/mol. The summed E-state index contributed by atoms with van der Waals surface area (Å²) in [5, 5.41) is 0. The Morgan fingerprint density at radius 2 is 2.45 bits per heavy atom. The van der Waals surface area contributed by atoms with Gasteiger partial charge in [-0.05, 0) is 29.1 Å². The van der Waals surface area contributed by atoms with E-state index in [0.29, 0.717) is 0 Å². The number of allylic oxidation sites excluding steroid dienone is 1. The van der Waals surface area contributed by atoms with Crippen LogP contribution in [0.2, 0.25) is 0 Å². The molecule has 1 aromatic heterocycles. The molecule has 60 valence electrons. The summed E-state index contributed by atoms with van der Waals surface area (Å²) in [5.74, 6) is 1.09. The molecular formula is C9H11IO. The summed E-state index contributed by atoms with van der Waals surface area (Å²) in [7, 11) is 0. The molecule has 11 heavy (non-hydrogen) atoms. The lowest BCUT2D eigenvalue weighted by Crippen LogP contribution is -1.78. The Bertz CT molecular complexity index is 201. The van der Waals surface area contributed by atoms with Crippen LogP contribution in [0.5, 0.6) is 0 Å². The maximum Gasteiger partial charge on any atom is 0.103 e. The molecule has 1 heterocycles. The minimum absolute atomic E-state index is 1.05. The first kappa shape index (κ1) is 8.84. The molecule has 0 radical (unpaired) electrons. The number of furan rings is 1. The second kappa shape index (κ2) is 5.41. The Kier molecular flexibility index (Phi) is 4.35. The van der Waals surface area contributed by atoms with Crippen LogP contribution < -0.4 is 0 Å². The Morgan fingerprint density at radius 3 is 3.09 bits per heavy atom. The van der Waals surface area contributed by atoms with E-state index in [1.807, 2.05) is 12.1 Å². The zero-order chi connectivity index (χ0) is 7.94. The zero-order valence-electron chi connectivity index (χ0n) is 6.29. The molecule has 0 saturated heterocycles. The van der Waals surface area contributed by atoms with Crippen molar-refractivity contribution in [2.75, 3.05) is 0 Å². The first-order chi connectivity index (χ1) is 5.43. The predicted molar refractivity (Wildman–Crippen MR) is 54.8 cm³/mol. The second-order valence-electron chi connectivity index (χ2n) is 2.33. The van der Waals surface area contributed by atoms with Crippen molar-refractivity contribution in [3.63, 3.8) is 0 Å². The van der Waals surface area contributed by atoms with E-state index in [-0.39, 0.29) is 0 Å². The monoisotopic (exact) mass is 262 g/mol. The molecule has 0 aliphatic carbocycles. The molecule has 1 rings (SSSR count). The predicted octanol–water partition coefficient (Wildman–Crippen LogP) is 3.55. The van der Waals surface area contributed by atoms with Crippen LogP contribution in [0.3, 0.4) is 0 Å². The van der Waals surface area contributed by atoms with E-state index in [4.69, 9.17) is 4.42 Å². The highest BCUT2D eigenvalue weighted by atomic mass is 127. The molecule has 0 fully saturated rings. The summed E-state index contributed by atoms with van der Waals surface area (Å²) in [6.07, 6.45) is 7.26. The van der Waals surface area contributed by atoms with Gasteiger partial charge in [-0.25, -0.2) is 0 Å². The number of halogens is 1. The van der Waals surface area contributed by atoms with E-state index in [2.05, 4.69) is 32.7 Å². The molecule has 0 N–H and O–H groups in total. The van der Waals surface area contributed by atoms with Gasteiger partial charge in [0, 0.05) is 6.42 Å². The third-order valence-corrected chi connectivity index (χ3v) is 1.97. The van der Waals surface area contributed by atoms with Crippen molar-refractivity contribution < 1.29 is 4.42 Å². The van der Waals surface area contributed by atoms with Gasteiger partial charge in [-0.15, -0.1) is 0 Å².